The van der Waals surface area contributed by atoms with Gasteiger partial charge in [0.15, 0.2) is 5.78 Å². The van der Waals surface area contributed by atoms with Gasteiger partial charge < -0.3 is 0 Å². The van der Waals surface area contributed by atoms with Crippen molar-refractivity contribution in [3.63, 3.8) is 0 Å². The van der Waals surface area contributed by atoms with Crippen molar-refractivity contribution in [2.75, 3.05) is 11.5 Å². The minimum absolute atomic E-state index is 0.263. The molecule has 0 aliphatic heterocycles. The maximum atomic E-state index is 12.0. The molecular formula is C14H20OS. The van der Waals surface area contributed by atoms with E-state index in [1.54, 1.807) is 11.8 Å². The predicted molar refractivity (Wildman–Crippen MR) is 72.6 cm³/mol. The molecule has 0 unspecified atom stereocenters. The Labute approximate surface area is 103 Å². The van der Waals surface area contributed by atoms with E-state index in [0.717, 1.165) is 23.3 Å². The molecular weight excluding hydrogens is 216 g/mol. The summed E-state index contributed by atoms with van der Waals surface area (Å²) in [6.07, 6.45) is 1.13. The van der Waals surface area contributed by atoms with Gasteiger partial charge in [0.05, 0.1) is 5.75 Å². The van der Waals surface area contributed by atoms with Crippen molar-refractivity contribution in [1.82, 2.24) is 0 Å². The molecule has 16 heavy (non-hydrogen) atoms. The van der Waals surface area contributed by atoms with E-state index in [1.165, 1.54) is 11.1 Å². The Morgan fingerprint density at radius 3 is 2.38 bits per heavy atom. The number of carbonyl (C=O) groups is 1. The summed E-state index contributed by atoms with van der Waals surface area (Å²) in [7, 11) is 0. The van der Waals surface area contributed by atoms with Crippen LogP contribution in [0.15, 0.2) is 12.1 Å². The van der Waals surface area contributed by atoms with E-state index in [4.69, 9.17) is 0 Å². The first-order valence-corrected chi connectivity index (χ1v) is 6.90. The Morgan fingerprint density at radius 2 is 1.75 bits per heavy atom. The Morgan fingerprint density at radius 1 is 1.12 bits per heavy atom. The average molecular weight is 236 g/mol. The highest BCUT2D eigenvalue weighted by atomic mass is 32.2. The van der Waals surface area contributed by atoms with E-state index in [1.807, 2.05) is 13.0 Å². The number of rotatable bonds is 5. The smallest absolute Gasteiger partial charge is 0.172 e. The number of hydrogen-bond acceptors (Lipinski definition) is 2. The highest BCUT2D eigenvalue weighted by Gasteiger charge is 2.10. The van der Waals surface area contributed by atoms with Crippen LogP contribution in [0.5, 0.6) is 0 Å². The number of ketones is 1. The molecule has 88 valence electrons. The Bertz CT molecular complexity index is 383. The lowest BCUT2D eigenvalue weighted by atomic mass is 9.99. The van der Waals surface area contributed by atoms with Gasteiger partial charge in [0.1, 0.15) is 0 Å². The zero-order valence-corrected chi connectivity index (χ0v) is 11.4. The molecule has 0 heterocycles. The zero-order valence-electron chi connectivity index (χ0n) is 10.6. The first-order valence-electron chi connectivity index (χ1n) is 5.75. The molecule has 1 aromatic carbocycles. The summed E-state index contributed by atoms with van der Waals surface area (Å²) in [6.45, 7) is 8.30. The fourth-order valence-corrected chi connectivity index (χ4v) is 2.42. The van der Waals surface area contributed by atoms with Crippen LogP contribution < -0.4 is 0 Å². The fourth-order valence-electron chi connectivity index (χ4n) is 1.65. The first kappa shape index (κ1) is 13.3. The minimum Gasteiger partial charge on any atom is -0.293 e. The van der Waals surface area contributed by atoms with Gasteiger partial charge in [0, 0.05) is 5.56 Å². The van der Waals surface area contributed by atoms with Crippen LogP contribution in [0, 0.1) is 20.8 Å². The quantitative estimate of drug-likeness (QED) is 0.569. The monoisotopic (exact) mass is 236 g/mol. The summed E-state index contributed by atoms with van der Waals surface area (Å²) in [5.74, 6) is 1.94. The molecule has 1 rings (SSSR count). The molecule has 0 spiro atoms. The molecule has 0 aliphatic carbocycles. The van der Waals surface area contributed by atoms with E-state index in [0.29, 0.717) is 5.75 Å². The van der Waals surface area contributed by atoms with Gasteiger partial charge >= 0.3 is 0 Å². The third-order valence-corrected chi connectivity index (χ3v) is 3.89. The molecule has 0 atom stereocenters. The van der Waals surface area contributed by atoms with Crippen molar-refractivity contribution in [2.45, 2.75) is 34.1 Å². The van der Waals surface area contributed by atoms with Crippen molar-refractivity contribution in [3.8, 4) is 0 Å². The fraction of sp³-hybridized carbons (Fsp3) is 0.500. The largest absolute Gasteiger partial charge is 0.293 e. The highest BCUT2D eigenvalue weighted by Crippen LogP contribution is 2.17. The number of benzene rings is 1. The molecule has 1 nitrogen and oxygen atoms in total. The second-order valence-electron chi connectivity index (χ2n) is 4.23. The van der Waals surface area contributed by atoms with E-state index in [2.05, 4.69) is 26.8 Å². The lowest BCUT2D eigenvalue weighted by Crippen LogP contribution is -2.06. The van der Waals surface area contributed by atoms with E-state index < -0.39 is 0 Å². The van der Waals surface area contributed by atoms with E-state index >= 15 is 0 Å². The highest BCUT2D eigenvalue weighted by molar-refractivity contribution is 7.99. The third-order valence-electron chi connectivity index (χ3n) is 2.72. The lowest BCUT2D eigenvalue weighted by Gasteiger charge is -2.08. The molecule has 0 saturated carbocycles. The van der Waals surface area contributed by atoms with Crippen LogP contribution in [-0.2, 0) is 0 Å². The van der Waals surface area contributed by atoms with Gasteiger partial charge in [-0.1, -0.05) is 13.0 Å². The maximum absolute atomic E-state index is 12.0. The summed E-state index contributed by atoms with van der Waals surface area (Å²) in [4.78, 5) is 12.0. The molecule has 0 aromatic heterocycles. The topological polar surface area (TPSA) is 17.1 Å². The number of Topliss-reactive ketones (excluding diaryl/α,β-unsaturated/α-hetero) is 1. The standard InChI is InChI=1S/C14H20OS/c1-5-6-16-9-14(15)13-8-11(3)10(2)7-12(13)4/h7-8H,5-6,9H2,1-4H3. The summed E-state index contributed by atoms with van der Waals surface area (Å²) in [5, 5.41) is 0. The first-order chi connectivity index (χ1) is 7.56. The Hall–Kier alpha value is -0.760. The SMILES string of the molecule is CCCSCC(=O)c1cc(C)c(C)cc1C. The number of aryl methyl sites for hydroxylation is 3. The average Bonchev–Trinajstić information content (AvgIpc) is 2.23. The number of hydrogen-bond donors (Lipinski definition) is 0. The van der Waals surface area contributed by atoms with Gasteiger partial charge in [-0.15, -0.1) is 0 Å². The molecule has 0 saturated heterocycles. The Balaban J connectivity index is 2.79. The van der Waals surface area contributed by atoms with Crippen LogP contribution in [0.3, 0.4) is 0 Å². The van der Waals surface area contributed by atoms with Crippen LogP contribution in [0.2, 0.25) is 0 Å². The molecule has 0 bridgehead atoms. The number of carbonyl (C=O) groups excluding carboxylic acids is 1. The minimum atomic E-state index is 0.263. The summed E-state index contributed by atoms with van der Waals surface area (Å²) >= 11 is 1.73. The van der Waals surface area contributed by atoms with Crippen LogP contribution in [0.4, 0.5) is 0 Å². The van der Waals surface area contributed by atoms with Crippen LogP contribution in [0.25, 0.3) is 0 Å². The molecule has 2 heteroatoms. The molecule has 0 fully saturated rings. The third kappa shape index (κ3) is 3.38. The van der Waals surface area contributed by atoms with Gasteiger partial charge in [0.25, 0.3) is 0 Å². The van der Waals surface area contributed by atoms with Crippen LogP contribution in [-0.4, -0.2) is 17.3 Å². The van der Waals surface area contributed by atoms with Crippen molar-refractivity contribution < 1.29 is 4.79 Å². The van der Waals surface area contributed by atoms with E-state index in [9.17, 15) is 4.79 Å². The predicted octanol–water partition coefficient (Wildman–Crippen LogP) is 3.94. The van der Waals surface area contributed by atoms with Gasteiger partial charge in [-0.3, -0.25) is 4.79 Å². The van der Waals surface area contributed by atoms with Gasteiger partial charge in [-0.2, -0.15) is 11.8 Å². The molecule has 0 N–H and O–H groups in total. The van der Waals surface area contributed by atoms with Crippen molar-refractivity contribution in [2.24, 2.45) is 0 Å². The summed E-state index contributed by atoms with van der Waals surface area (Å²) in [5.41, 5.74) is 4.46. The molecule has 0 amide bonds. The lowest BCUT2D eigenvalue weighted by molar-refractivity contribution is 0.102. The molecule has 1 aromatic rings. The van der Waals surface area contributed by atoms with Crippen molar-refractivity contribution in [3.05, 3.63) is 34.4 Å². The van der Waals surface area contributed by atoms with Crippen molar-refractivity contribution >= 4 is 17.5 Å². The van der Waals surface area contributed by atoms with Gasteiger partial charge in [-0.25, -0.2) is 0 Å². The maximum Gasteiger partial charge on any atom is 0.172 e. The van der Waals surface area contributed by atoms with Crippen LogP contribution >= 0.6 is 11.8 Å². The zero-order chi connectivity index (χ0) is 12.1. The second-order valence-corrected chi connectivity index (χ2v) is 5.33. The number of thioether (sulfide) groups is 1. The van der Waals surface area contributed by atoms with Crippen LogP contribution in [0.1, 0.15) is 40.4 Å². The Kier molecular flexibility index (Phi) is 5.07. The normalized spacial score (nSPS) is 10.5. The molecule has 0 radical (unpaired) electrons. The summed E-state index contributed by atoms with van der Waals surface area (Å²) in [6, 6.07) is 4.13. The van der Waals surface area contributed by atoms with Gasteiger partial charge in [0.2, 0.25) is 0 Å². The second kappa shape index (κ2) is 6.09. The molecule has 0 aliphatic rings. The summed E-state index contributed by atoms with van der Waals surface area (Å²) < 4.78 is 0. The van der Waals surface area contributed by atoms with E-state index in [-0.39, 0.29) is 5.78 Å². The van der Waals surface area contributed by atoms with Crippen molar-refractivity contribution in [1.29, 1.82) is 0 Å². The van der Waals surface area contributed by atoms with Gasteiger partial charge in [-0.05, 0) is 55.7 Å².